The summed E-state index contributed by atoms with van der Waals surface area (Å²) in [7, 11) is 1.78. The smallest absolute Gasteiger partial charge is 0.335 e. The molecule has 1 fully saturated rings. The summed E-state index contributed by atoms with van der Waals surface area (Å²) in [6.45, 7) is 5.59. The molecule has 0 aromatic carbocycles. The van der Waals surface area contributed by atoms with Crippen LogP contribution in [0.4, 0.5) is 5.82 Å². The number of nitrogens with zero attached hydrogens (tertiary/aromatic N) is 3. The van der Waals surface area contributed by atoms with Crippen LogP contribution in [-0.2, 0) is 4.79 Å². The first-order valence-corrected chi connectivity index (χ1v) is 7.12. The van der Waals surface area contributed by atoms with Crippen LogP contribution < -0.4 is 4.90 Å². The van der Waals surface area contributed by atoms with Crippen molar-refractivity contribution in [2.24, 2.45) is 0 Å². The number of hydrogen-bond acceptors (Lipinski definition) is 4. The van der Waals surface area contributed by atoms with Gasteiger partial charge in [0, 0.05) is 25.8 Å². The second-order valence-corrected chi connectivity index (χ2v) is 5.69. The minimum absolute atomic E-state index is 0.0288. The Balaban J connectivity index is 2.37. The highest BCUT2D eigenvalue weighted by Gasteiger charge is 2.21. The van der Waals surface area contributed by atoms with Crippen LogP contribution in [0.25, 0.3) is 0 Å². The second-order valence-electron chi connectivity index (χ2n) is 5.69. The first-order valence-electron chi connectivity index (χ1n) is 7.12. The highest BCUT2D eigenvalue weighted by molar-refractivity contribution is 5.89. The van der Waals surface area contributed by atoms with E-state index >= 15 is 0 Å². The fourth-order valence-electron chi connectivity index (χ4n) is 2.30. The molecule has 1 aromatic rings. The van der Waals surface area contributed by atoms with Crippen LogP contribution in [0.1, 0.15) is 42.2 Å². The Hall–Kier alpha value is -2.11. The van der Waals surface area contributed by atoms with E-state index in [9.17, 15) is 14.7 Å². The summed E-state index contributed by atoms with van der Waals surface area (Å²) in [5.74, 6) is -0.240. The normalized spacial score (nSPS) is 16.3. The van der Waals surface area contributed by atoms with Gasteiger partial charge in [-0.05, 0) is 24.5 Å². The predicted octanol–water partition coefficient (Wildman–Crippen LogP) is 1.57. The monoisotopic (exact) mass is 291 g/mol. The lowest BCUT2D eigenvalue weighted by Gasteiger charge is -2.22. The lowest BCUT2D eigenvalue weighted by atomic mass is 10.1. The lowest BCUT2D eigenvalue weighted by molar-refractivity contribution is -0.127. The molecule has 6 heteroatoms. The molecular formula is C15H21N3O3. The number of rotatable bonds is 3. The molecule has 0 bridgehead atoms. The van der Waals surface area contributed by atoms with Crippen molar-refractivity contribution in [3.63, 3.8) is 0 Å². The number of carbonyl (C=O) groups is 2. The maximum atomic E-state index is 12.0. The highest BCUT2D eigenvalue weighted by atomic mass is 16.4. The number of anilines is 1. The van der Waals surface area contributed by atoms with E-state index < -0.39 is 5.97 Å². The van der Waals surface area contributed by atoms with E-state index in [1.54, 1.807) is 24.1 Å². The maximum Gasteiger partial charge on any atom is 0.335 e. The molecule has 114 valence electrons. The summed E-state index contributed by atoms with van der Waals surface area (Å²) in [5, 5.41) is 9.24. The Labute approximate surface area is 124 Å². The molecule has 0 aliphatic carbocycles. The summed E-state index contributed by atoms with van der Waals surface area (Å²) in [5.41, 5.74) is 0.948. The number of pyridine rings is 1. The minimum atomic E-state index is -0.973. The molecule has 2 heterocycles. The third-order valence-corrected chi connectivity index (χ3v) is 3.67. The van der Waals surface area contributed by atoms with Crippen molar-refractivity contribution in [2.45, 2.75) is 26.2 Å². The zero-order valence-corrected chi connectivity index (χ0v) is 12.7. The molecule has 0 unspecified atom stereocenters. The van der Waals surface area contributed by atoms with E-state index in [2.05, 4.69) is 4.98 Å². The van der Waals surface area contributed by atoms with Gasteiger partial charge in [-0.2, -0.15) is 0 Å². The molecule has 1 aliphatic rings. The number of carboxylic acids is 1. The fourth-order valence-corrected chi connectivity index (χ4v) is 2.30. The van der Waals surface area contributed by atoms with Crippen molar-refractivity contribution in [3.8, 4) is 0 Å². The number of amides is 1. The zero-order chi connectivity index (χ0) is 15.6. The van der Waals surface area contributed by atoms with Crippen molar-refractivity contribution in [2.75, 3.05) is 31.6 Å². The quantitative estimate of drug-likeness (QED) is 0.915. The van der Waals surface area contributed by atoms with Crippen LogP contribution in [0, 0.1) is 0 Å². The van der Waals surface area contributed by atoms with Crippen molar-refractivity contribution >= 4 is 17.7 Å². The molecule has 1 aromatic heterocycles. The third-order valence-electron chi connectivity index (χ3n) is 3.67. The first kappa shape index (κ1) is 15.3. The van der Waals surface area contributed by atoms with Crippen LogP contribution >= 0.6 is 0 Å². The Morgan fingerprint density at radius 3 is 2.67 bits per heavy atom. The molecule has 1 saturated heterocycles. The van der Waals surface area contributed by atoms with E-state index in [1.165, 1.54) is 0 Å². The minimum Gasteiger partial charge on any atom is -0.478 e. The van der Waals surface area contributed by atoms with Gasteiger partial charge in [-0.25, -0.2) is 9.78 Å². The molecule has 1 aliphatic heterocycles. The number of aromatic nitrogens is 1. The Bertz CT molecular complexity index is 557. The number of likely N-dealkylation sites (N-methyl/N-ethyl adjacent to an activating group) is 1. The fraction of sp³-hybridized carbons (Fsp3) is 0.533. The topological polar surface area (TPSA) is 73.7 Å². The number of hydrogen-bond donors (Lipinski definition) is 1. The third kappa shape index (κ3) is 3.51. The van der Waals surface area contributed by atoms with Crippen molar-refractivity contribution in [1.29, 1.82) is 0 Å². The van der Waals surface area contributed by atoms with Gasteiger partial charge in [-0.15, -0.1) is 0 Å². The SMILES string of the molecule is CC(C)c1cc(C(=O)O)cc(N2CCCN(C)C(=O)C2)n1. The molecule has 2 rings (SSSR count). The zero-order valence-electron chi connectivity index (χ0n) is 12.7. The van der Waals surface area contributed by atoms with Gasteiger partial charge in [-0.1, -0.05) is 13.8 Å². The van der Waals surface area contributed by atoms with Crippen molar-refractivity contribution in [1.82, 2.24) is 9.88 Å². The summed E-state index contributed by atoms with van der Waals surface area (Å²) < 4.78 is 0. The van der Waals surface area contributed by atoms with Gasteiger partial charge in [0.2, 0.25) is 5.91 Å². The largest absolute Gasteiger partial charge is 0.478 e. The molecule has 0 radical (unpaired) electrons. The standard InChI is InChI=1S/C15H21N3O3/c1-10(2)12-7-11(15(20)21)8-13(16-12)18-6-4-5-17(3)14(19)9-18/h7-8,10H,4-6,9H2,1-3H3,(H,20,21). The van der Waals surface area contributed by atoms with Gasteiger partial charge in [0.1, 0.15) is 5.82 Å². The molecule has 0 atom stereocenters. The van der Waals surface area contributed by atoms with Gasteiger partial charge >= 0.3 is 5.97 Å². The van der Waals surface area contributed by atoms with Crippen LogP contribution in [0.2, 0.25) is 0 Å². The molecule has 0 spiro atoms. The molecule has 21 heavy (non-hydrogen) atoms. The van der Waals surface area contributed by atoms with Gasteiger partial charge in [0.15, 0.2) is 0 Å². The number of carbonyl (C=O) groups excluding carboxylic acids is 1. The Morgan fingerprint density at radius 1 is 1.33 bits per heavy atom. The van der Waals surface area contributed by atoms with E-state index in [0.717, 1.165) is 12.1 Å². The summed E-state index contributed by atoms with van der Waals surface area (Å²) in [6, 6.07) is 3.15. The summed E-state index contributed by atoms with van der Waals surface area (Å²) in [4.78, 5) is 31.3. The van der Waals surface area contributed by atoms with E-state index in [4.69, 9.17) is 0 Å². The molecule has 6 nitrogen and oxygen atoms in total. The Kier molecular flexibility index (Phi) is 4.45. The van der Waals surface area contributed by atoms with Gasteiger partial charge in [-0.3, -0.25) is 4.79 Å². The molecule has 0 saturated carbocycles. The summed E-state index contributed by atoms with van der Waals surface area (Å²) in [6.07, 6.45) is 0.845. The maximum absolute atomic E-state index is 12.0. The number of aromatic carboxylic acids is 1. The number of carboxylic acid groups (broad SMARTS) is 1. The van der Waals surface area contributed by atoms with Crippen LogP contribution in [0.3, 0.4) is 0 Å². The lowest BCUT2D eigenvalue weighted by Crippen LogP contribution is -2.35. The predicted molar refractivity (Wildman–Crippen MR) is 79.8 cm³/mol. The van der Waals surface area contributed by atoms with E-state index in [-0.39, 0.29) is 23.9 Å². The van der Waals surface area contributed by atoms with Crippen molar-refractivity contribution in [3.05, 3.63) is 23.4 Å². The Morgan fingerprint density at radius 2 is 2.05 bits per heavy atom. The van der Waals surface area contributed by atoms with E-state index in [1.807, 2.05) is 18.7 Å². The van der Waals surface area contributed by atoms with Crippen LogP contribution in [0.15, 0.2) is 12.1 Å². The molecule has 1 N–H and O–H groups in total. The first-order chi connectivity index (χ1) is 9.88. The van der Waals surface area contributed by atoms with E-state index in [0.29, 0.717) is 18.9 Å². The average molecular weight is 291 g/mol. The van der Waals surface area contributed by atoms with Crippen molar-refractivity contribution < 1.29 is 14.7 Å². The van der Waals surface area contributed by atoms with Gasteiger partial charge < -0.3 is 14.9 Å². The van der Waals surface area contributed by atoms with Crippen LogP contribution in [0.5, 0.6) is 0 Å². The van der Waals surface area contributed by atoms with Gasteiger partial charge in [0.05, 0.1) is 12.1 Å². The average Bonchev–Trinajstić information content (AvgIpc) is 2.60. The highest BCUT2D eigenvalue weighted by Crippen LogP contribution is 2.21. The van der Waals surface area contributed by atoms with Gasteiger partial charge in [0.25, 0.3) is 0 Å². The second kappa shape index (κ2) is 6.11. The molecular weight excluding hydrogens is 270 g/mol. The summed E-state index contributed by atoms with van der Waals surface area (Å²) >= 11 is 0. The molecule has 1 amide bonds. The van der Waals surface area contributed by atoms with Crippen LogP contribution in [-0.4, -0.2) is 53.5 Å².